The first-order valence-corrected chi connectivity index (χ1v) is 5.39. The van der Waals surface area contributed by atoms with Gasteiger partial charge in [0, 0.05) is 12.4 Å². The average Bonchev–Trinajstić information content (AvgIpc) is 2.30. The second-order valence-corrected chi connectivity index (χ2v) is 3.97. The smallest absolute Gasteiger partial charge is 0.131 e. The Morgan fingerprint density at radius 1 is 0.882 bits per heavy atom. The molecule has 0 unspecified atom stereocenters. The minimum atomic E-state index is 0.664. The van der Waals surface area contributed by atoms with E-state index in [9.17, 15) is 0 Å². The van der Waals surface area contributed by atoms with Gasteiger partial charge >= 0.3 is 0 Å². The Morgan fingerprint density at radius 2 is 1.71 bits per heavy atom. The quantitative estimate of drug-likeness (QED) is 0.643. The molecule has 0 fully saturated rings. The van der Waals surface area contributed by atoms with Gasteiger partial charge in [-0.3, -0.25) is 4.98 Å². The normalized spacial score (nSPS) is 9.59. The summed E-state index contributed by atoms with van der Waals surface area (Å²) in [5, 5.41) is 0. The lowest BCUT2D eigenvalue weighted by molar-refractivity contribution is 1.10. The lowest BCUT2D eigenvalue weighted by atomic mass is 10.1. The number of rotatable bonds is 0. The molecule has 0 aliphatic rings. The zero-order valence-corrected chi connectivity index (χ0v) is 10.2. The van der Waals surface area contributed by atoms with Gasteiger partial charge in [0.2, 0.25) is 0 Å². The maximum atomic E-state index is 4.29. The highest BCUT2D eigenvalue weighted by Crippen LogP contribution is 2.05. The van der Waals surface area contributed by atoms with Gasteiger partial charge in [0.05, 0.1) is 11.9 Å². The molecule has 17 heavy (non-hydrogen) atoms. The van der Waals surface area contributed by atoms with Crippen LogP contribution in [0.4, 0.5) is 0 Å². The van der Waals surface area contributed by atoms with E-state index < -0.39 is 0 Å². The molecule has 84 valence electrons. The zero-order valence-electron chi connectivity index (χ0n) is 10.2. The summed E-state index contributed by atoms with van der Waals surface area (Å²) in [5.41, 5.74) is 4.57. The molecule has 0 N–H and O–H groups in total. The molecule has 0 aliphatic carbocycles. The van der Waals surface area contributed by atoms with E-state index in [0.717, 1.165) is 22.5 Å². The van der Waals surface area contributed by atoms with Crippen LogP contribution < -0.4 is 0 Å². The van der Waals surface area contributed by atoms with E-state index in [4.69, 9.17) is 0 Å². The molecule has 2 heterocycles. The summed E-state index contributed by atoms with van der Waals surface area (Å²) in [7, 11) is 0. The SMILES string of the molecule is Cc1cnc(C#Cc2cnc(C)cn2)c(C)c1. The van der Waals surface area contributed by atoms with Crippen LogP contribution in [0, 0.1) is 32.6 Å². The van der Waals surface area contributed by atoms with Gasteiger partial charge in [-0.25, -0.2) is 9.97 Å². The van der Waals surface area contributed by atoms with Crippen LogP contribution in [0.1, 0.15) is 28.2 Å². The number of hydrogen-bond donors (Lipinski definition) is 0. The molecule has 0 bridgehead atoms. The first-order valence-electron chi connectivity index (χ1n) is 5.39. The van der Waals surface area contributed by atoms with Crippen LogP contribution in [-0.4, -0.2) is 15.0 Å². The first-order chi connectivity index (χ1) is 8.15. The number of nitrogens with zero attached hydrogens (tertiary/aromatic N) is 3. The third-order valence-corrected chi connectivity index (χ3v) is 2.30. The van der Waals surface area contributed by atoms with Crippen molar-refractivity contribution < 1.29 is 0 Å². The summed E-state index contributed by atoms with van der Waals surface area (Å²) < 4.78 is 0. The Kier molecular flexibility index (Phi) is 3.15. The molecule has 0 aromatic carbocycles. The number of hydrogen-bond acceptors (Lipinski definition) is 3. The van der Waals surface area contributed by atoms with Crippen LogP contribution in [-0.2, 0) is 0 Å². The predicted molar refractivity (Wildman–Crippen MR) is 66.5 cm³/mol. The topological polar surface area (TPSA) is 38.7 Å². The van der Waals surface area contributed by atoms with Gasteiger partial charge in [-0.1, -0.05) is 6.07 Å². The molecular weight excluding hydrogens is 210 g/mol. The van der Waals surface area contributed by atoms with Crippen LogP contribution >= 0.6 is 0 Å². The Hall–Kier alpha value is -2.21. The third kappa shape index (κ3) is 2.88. The van der Waals surface area contributed by atoms with E-state index in [1.165, 1.54) is 0 Å². The summed E-state index contributed by atoms with van der Waals surface area (Å²) in [6, 6.07) is 2.07. The molecule has 2 aromatic heterocycles. The Morgan fingerprint density at radius 3 is 2.35 bits per heavy atom. The standard InChI is InChI=1S/C14H13N3/c1-10-6-11(2)14(17-7-10)5-4-13-9-15-12(3)8-16-13/h6-9H,1-3H3. The molecule has 3 heteroatoms. The second kappa shape index (κ2) is 4.75. The van der Waals surface area contributed by atoms with Gasteiger partial charge in [-0.05, 0) is 43.7 Å². The van der Waals surface area contributed by atoms with Crippen molar-refractivity contribution >= 4 is 0 Å². The monoisotopic (exact) mass is 223 g/mol. The Labute approximate surface area is 101 Å². The van der Waals surface area contributed by atoms with Crippen LogP contribution in [0.15, 0.2) is 24.7 Å². The van der Waals surface area contributed by atoms with E-state index in [-0.39, 0.29) is 0 Å². The van der Waals surface area contributed by atoms with Crippen LogP contribution in [0.25, 0.3) is 0 Å². The Bertz CT molecular complexity index is 589. The van der Waals surface area contributed by atoms with E-state index in [0.29, 0.717) is 5.69 Å². The van der Waals surface area contributed by atoms with Crippen LogP contribution in [0.5, 0.6) is 0 Å². The summed E-state index contributed by atoms with van der Waals surface area (Å²) in [5.74, 6) is 5.97. The van der Waals surface area contributed by atoms with Crippen LogP contribution in [0.3, 0.4) is 0 Å². The molecule has 0 saturated carbocycles. The molecule has 0 saturated heterocycles. The summed E-state index contributed by atoms with van der Waals surface area (Å²) in [6.45, 7) is 5.92. The summed E-state index contributed by atoms with van der Waals surface area (Å²) in [4.78, 5) is 12.6. The maximum absolute atomic E-state index is 4.29. The van der Waals surface area contributed by atoms with Gasteiger partial charge in [0.1, 0.15) is 11.4 Å². The molecular formula is C14H13N3. The molecule has 2 rings (SSSR count). The second-order valence-electron chi connectivity index (χ2n) is 3.97. The molecule has 0 radical (unpaired) electrons. The minimum Gasteiger partial charge on any atom is -0.257 e. The van der Waals surface area contributed by atoms with Gasteiger partial charge in [0.15, 0.2) is 0 Å². The van der Waals surface area contributed by atoms with E-state index in [2.05, 4.69) is 32.9 Å². The maximum Gasteiger partial charge on any atom is 0.131 e. The van der Waals surface area contributed by atoms with Crippen molar-refractivity contribution in [2.45, 2.75) is 20.8 Å². The molecule has 2 aromatic rings. The first kappa shape index (κ1) is 11.3. The molecule has 0 aliphatic heterocycles. The van der Waals surface area contributed by atoms with Crippen molar-refractivity contribution in [1.82, 2.24) is 15.0 Å². The van der Waals surface area contributed by atoms with Crippen molar-refractivity contribution in [2.75, 3.05) is 0 Å². The zero-order chi connectivity index (χ0) is 12.3. The van der Waals surface area contributed by atoms with E-state index in [1.54, 1.807) is 12.4 Å². The third-order valence-electron chi connectivity index (χ3n) is 2.30. The van der Waals surface area contributed by atoms with Gasteiger partial charge in [-0.15, -0.1) is 0 Å². The van der Waals surface area contributed by atoms with Crippen molar-refractivity contribution in [3.63, 3.8) is 0 Å². The number of aromatic nitrogens is 3. The van der Waals surface area contributed by atoms with E-state index in [1.807, 2.05) is 27.0 Å². The van der Waals surface area contributed by atoms with Crippen molar-refractivity contribution in [3.8, 4) is 11.8 Å². The Balaban J connectivity index is 2.29. The molecule has 0 amide bonds. The van der Waals surface area contributed by atoms with Crippen molar-refractivity contribution in [1.29, 1.82) is 0 Å². The fourth-order valence-corrected chi connectivity index (χ4v) is 1.43. The fourth-order valence-electron chi connectivity index (χ4n) is 1.43. The van der Waals surface area contributed by atoms with Crippen molar-refractivity contribution in [2.24, 2.45) is 0 Å². The largest absolute Gasteiger partial charge is 0.257 e. The minimum absolute atomic E-state index is 0.664. The lowest BCUT2D eigenvalue weighted by Gasteiger charge is -1.97. The summed E-state index contributed by atoms with van der Waals surface area (Å²) in [6.07, 6.45) is 5.20. The number of pyridine rings is 1. The van der Waals surface area contributed by atoms with Gasteiger partial charge in [-0.2, -0.15) is 0 Å². The molecule has 0 spiro atoms. The van der Waals surface area contributed by atoms with Crippen LogP contribution in [0.2, 0.25) is 0 Å². The predicted octanol–water partition coefficient (Wildman–Crippen LogP) is 2.20. The summed E-state index contributed by atoms with van der Waals surface area (Å²) >= 11 is 0. The average molecular weight is 223 g/mol. The highest BCUT2D eigenvalue weighted by molar-refractivity contribution is 5.40. The van der Waals surface area contributed by atoms with Gasteiger partial charge < -0.3 is 0 Å². The highest BCUT2D eigenvalue weighted by Gasteiger charge is 1.96. The number of aryl methyl sites for hydroxylation is 3. The van der Waals surface area contributed by atoms with Crippen molar-refractivity contribution in [3.05, 3.63) is 52.9 Å². The molecule has 3 nitrogen and oxygen atoms in total. The lowest BCUT2D eigenvalue weighted by Crippen LogP contribution is -1.90. The van der Waals surface area contributed by atoms with E-state index >= 15 is 0 Å². The molecule has 0 atom stereocenters. The highest BCUT2D eigenvalue weighted by atomic mass is 14.8. The fraction of sp³-hybridized carbons (Fsp3) is 0.214. The van der Waals surface area contributed by atoms with Gasteiger partial charge in [0.25, 0.3) is 0 Å².